The van der Waals surface area contributed by atoms with Crippen LogP contribution in [0.4, 0.5) is 0 Å². The number of aliphatic hydroxyl groups excluding tert-OH is 1. The van der Waals surface area contributed by atoms with Crippen LogP contribution in [0.3, 0.4) is 0 Å². The number of likely N-dealkylation sites (N-methyl/N-ethyl adjacent to an activating group) is 1. The van der Waals surface area contributed by atoms with E-state index >= 15 is 0 Å². The van der Waals surface area contributed by atoms with Crippen molar-refractivity contribution in [3.63, 3.8) is 0 Å². The van der Waals surface area contributed by atoms with Crippen LogP contribution in [0.2, 0.25) is 0 Å². The van der Waals surface area contributed by atoms with E-state index in [1.807, 2.05) is 6.07 Å². The molecule has 2 atom stereocenters. The summed E-state index contributed by atoms with van der Waals surface area (Å²) in [7, 11) is 4.23. The van der Waals surface area contributed by atoms with Crippen LogP contribution in [0, 0.1) is 0 Å². The molecule has 0 saturated carbocycles. The summed E-state index contributed by atoms with van der Waals surface area (Å²) in [5, 5.41) is 10.7. The molecular formula is C17H28N2O. The quantitative estimate of drug-likeness (QED) is 0.864. The van der Waals surface area contributed by atoms with Gasteiger partial charge >= 0.3 is 0 Å². The van der Waals surface area contributed by atoms with Gasteiger partial charge in [0.1, 0.15) is 0 Å². The van der Waals surface area contributed by atoms with E-state index in [1.54, 1.807) is 0 Å². The number of aliphatic hydroxyl groups is 1. The lowest BCUT2D eigenvalue weighted by Gasteiger charge is -2.38. The average molecular weight is 276 g/mol. The number of benzene rings is 1. The molecule has 0 amide bonds. The highest BCUT2D eigenvalue weighted by Crippen LogP contribution is 2.32. The maximum absolute atomic E-state index is 10.7. The SMILES string of the molecule is CCN(CCCN(C)C)C1CCc2ccccc2C1O. The van der Waals surface area contributed by atoms with Crippen LogP contribution < -0.4 is 0 Å². The molecule has 0 spiro atoms. The van der Waals surface area contributed by atoms with E-state index in [1.165, 1.54) is 5.56 Å². The molecule has 0 bridgehead atoms. The first-order valence-corrected chi connectivity index (χ1v) is 7.78. The van der Waals surface area contributed by atoms with Gasteiger partial charge in [-0.2, -0.15) is 0 Å². The van der Waals surface area contributed by atoms with Crippen LogP contribution in [0.1, 0.15) is 37.0 Å². The second-order valence-corrected chi connectivity index (χ2v) is 6.04. The summed E-state index contributed by atoms with van der Waals surface area (Å²) in [5.74, 6) is 0. The molecule has 0 aromatic heterocycles. The standard InChI is InChI=1S/C17H28N2O/c1-4-19(13-7-12-18(2)3)16-11-10-14-8-5-6-9-15(14)17(16)20/h5-6,8-9,16-17,20H,4,7,10-13H2,1-3H3. The Balaban J connectivity index is 2.01. The van der Waals surface area contributed by atoms with Crippen LogP contribution in [0.15, 0.2) is 24.3 Å². The lowest BCUT2D eigenvalue weighted by molar-refractivity contribution is 0.0371. The van der Waals surface area contributed by atoms with E-state index in [0.717, 1.165) is 44.5 Å². The van der Waals surface area contributed by atoms with Crippen molar-refractivity contribution in [1.29, 1.82) is 0 Å². The van der Waals surface area contributed by atoms with Crippen molar-refractivity contribution in [2.75, 3.05) is 33.7 Å². The van der Waals surface area contributed by atoms with Crippen LogP contribution in [0.25, 0.3) is 0 Å². The molecule has 20 heavy (non-hydrogen) atoms. The van der Waals surface area contributed by atoms with E-state index < -0.39 is 0 Å². The summed E-state index contributed by atoms with van der Waals surface area (Å²) in [6.45, 7) is 5.38. The number of rotatable bonds is 6. The highest BCUT2D eigenvalue weighted by atomic mass is 16.3. The number of fused-ring (bicyclic) bond motifs is 1. The van der Waals surface area contributed by atoms with Gasteiger partial charge in [-0.1, -0.05) is 31.2 Å². The molecular weight excluding hydrogens is 248 g/mol. The summed E-state index contributed by atoms with van der Waals surface area (Å²) >= 11 is 0. The molecule has 112 valence electrons. The van der Waals surface area contributed by atoms with Crippen molar-refractivity contribution in [2.24, 2.45) is 0 Å². The van der Waals surface area contributed by atoms with Gasteiger partial charge in [-0.15, -0.1) is 0 Å². The van der Waals surface area contributed by atoms with Gasteiger partial charge in [-0.25, -0.2) is 0 Å². The van der Waals surface area contributed by atoms with Gasteiger partial charge in [0.05, 0.1) is 6.10 Å². The topological polar surface area (TPSA) is 26.7 Å². The Bertz CT molecular complexity index is 419. The first kappa shape index (κ1) is 15.5. The van der Waals surface area contributed by atoms with Crippen molar-refractivity contribution in [1.82, 2.24) is 9.80 Å². The average Bonchev–Trinajstić information content (AvgIpc) is 2.45. The summed E-state index contributed by atoms with van der Waals surface area (Å²) in [6, 6.07) is 8.61. The fourth-order valence-corrected chi connectivity index (χ4v) is 3.25. The van der Waals surface area contributed by atoms with Crippen LogP contribution in [-0.4, -0.2) is 54.7 Å². The molecule has 1 aliphatic carbocycles. The van der Waals surface area contributed by atoms with Crippen molar-refractivity contribution in [3.8, 4) is 0 Å². The lowest BCUT2D eigenvalue weighted by Crippen LogP contribution is -2.43. The molecule has 2 unspecified atom stereocenters. The third kappa shape index (κ3) is 3.60. The van der Waals surface area contributed by atoms with Gasteiger partial charge in [-0.3, -0.25) is 4.90 Å². The van der Waals surface area contributed by atoms with E-state index in [4.69, 9.17) is 0 Å². The largest absolute Gasteiger partial charge is 0.387 e. The number of hydrogen-bond acceptors (Lipinski definition) is 3. The smallest absolute Gasteiger partial charge is 0.0947 e. The van der Waals surface area contributed by atoms with Gasteiger partial charge in [0, 0.05) is 6.04 Å². The van der Waals surface area contributed by atoms with E-state index in [-0.39, 0.29) is 12.1 Å². The molecule has 2 rings (SSSR count). The summed E-state index contributed by atoms with van der Waals surface area (Å²) in [5.41, 5.74) is 2.45. The first-order valence-electron chi connectivity index (χ1n) is 7.78. The van der Waals surface area contributed by atoms with Crippen molar-refractivity contribution < 1.29 is 5.11 Å². The summed E-state index contributed by atoms with van der Waals surface area (Å²) < 4.78 is 0. The van der Waals surface area contributed by atoms with Gasteiger partial charge in [-0.05, 0) is 64.1 Å². The predicted octanol–water partition coefficient (Wildman–Crippen LogP) is 2.31. The zero-order valence-corrected chi connectivity index (χ0v) is 13.0. The van der Waals surface area contributed by atoms with Gasteiger partial charge < -0.3 is 10.0 Å². The molecule has 0 heterocycles. The number of hydrogen-bond donors (Lipinski definition) is 1. The van der Waals surface area contributed by atoms with Gasteiger partial charge in [0.25, 0.3) is 0 Å². The second-order valence-electron chi connectivity index (χ2n) is 6.04. The van der Waals surface area contributed by atoms with Crippen LogP contribution >= 0.6 is 0 Å². The zero-order valence-electron chi connectivity index (χ0n) is 13.0. The molecule has 3 nitrogen and oxygen atoms in total. The van der Waals surface area contributed by atoms with Crippen LogP contribution in [0.5, 0.6) is 0 Å². The molecule has 0 radical (unpaired) electrons. The Hall–Kier alpha value is -0.900. The highest BCUT2D eigenvalue weighted by molar-refractivity contribution is 5.32. The van der Waals surface area contributed by atoms with Crippen molar-refractivity contribution >= 4 is 0 Å². The van der Waals surface area contributed by atoms with E-state index in [9.17, 15) is 5.11 Å². The third-order valence-electron chi connectivity index (χ3n) is 4.37. The van der Waals surface area contributed by atoms with Crippen LogP contribution in [-0.2, 0) is 6.42 Å². The first-order chi connectivity index (χ1) is 9.63. The molecule has 0 aliphatic heterocycles. The Kier molecular flexibility index (Phi) is 5.58. The lowest BCUT2D eigenvalue weighted by atomic mass is 9.85. The van der Waals surface area contributed by atoms with Gasteiger partial charge in [0.15, 0.2) is 0 Å². The molecule has 3 heteroatoms. The highest BCUT2D eigenvalue weighted by Gasteiger charge is 2.31. The normalized spacial score (nSPS) is 22.3. The summed E-state index contributed by atoms with van der Waals surface area (Å²) in [6.07, 6.45) is 2.97. The van der Waals surface area contributed by atoms with E-state index in [2.05, 4.69) is 49.0 Å². The minimum Gasteiger partial charge on any atom is -0.387 e. The number of aryl methyl sites for hydroxylation is 1. The Morgan fingerprint density at radius 3 is 2.65 bits per heavy atom. The fraction of sp³-hybridized carbons (Fsp3) is 0.647. The van der Waals surface area contributed by atoms with E-state index in [0.29, 0.717) is 0 Å². The summed E-state index contributed by atoms with van der Waals surface area (Å²) in [4.78, 5) is 4.67. The molecule has 0 saturated heterocycles. The Morgan fingerprint density at radius 2 is 1.95 bits per heavy atom. The fourth-order valence-electron chi connectivity index (χ4n) is 3.25. The predicted molar refractivity (Wildman–Crippen MR) is 83.9 cm³/mol. The Labute approximate surface area is 123 Å². The minimum absolute atomic E-state index is 0.275. The molecule has 0 fully saturated rings. The Morgan fingerprint density at radius 1 is 1.20 bits per heavy atom. The zero-order chi connectivity index (χ0) is 14.5. The molecule has 1 aliphatic rings. The molecule has 1 aromatic rings. The molecule has 1 aromatic carbocycles. The minimum atomic E-state index is -0.334. The maximum Gasteiger partial charge on any atom is 0.0947 e. The molecule has 1 N–H and O–H groups in total. The second kappa shape index (κ2) is 7.21. The monoisotopic (exact) mass is 276 g/mol. The van der Waals surface area contributed by atoms with Gasteiger partial charge in [0.2, 0.25) is 0 Å². The number of nitrogens with zero attached hydrogens (tertiary/aromatic N) is 2. The van der Waals surface area contributed by atoms with Crippen molar-refractivity contribution in [3.05, 3.63) is 35.4 Å². The maximum atomic E-state index is 10.7. The third-order valence-corrected chi connectivity index (χ3v) is 4.37. The van der Waals surface area contributed by atoms with Crippen molar-refractivity contribution in [2.45, 2.75) is 38.3 Å².